The van der Waals surface area contributed by atoms with Crippen LogP contribution in [0.1, 0.15) is 108 Å². The molecule has 0 heterocycles. The molecule has 2 aromatic rings. The Kier molecular flexibility index (Phi) is 10.2. The molecule has 0 aliphatic heterocycles. The number of hydrogen-bond acceptors (Lipinski definition) is 5. The van der Waals surface area contributed by atoms with E-state index in [9.17, 15) is 9.59 Å². The highest BCUT2D eigenvalue weighted by molar-refractivity contribution is 5.89. The normalized spacial score (nSPS) is 22.8. The van der Waals surface area contributed by atoms with E-state index in [1.54, 1.807) is 12.1 Å². The molecule has 2 aliphatic carbocycles. The summed E-state index contributed by atoms with van der Waals surface area (Å²) in [6, 6.07) is 19.1. The van der Waals surface area contributed by atoms with Crippen molar-refractivity contribution < 1.29 is 19.1 Å². The second-order valence-electron chi connectivity index (χ2n) is 13.9. The van der Waals surface area contributed by atoms with Crippen LogP contribution in [0.4, 0.5) is 4.79 Å². The molecule has 0 saturated heterocycles. The number of hydrogen-bond donors (Lipinski definition) is 1. The van der Waals surface area contributed by atoms with E-state index in [0.717, 1.165) is 37.7 Å². The van der Waals surface area contributed by atoms with Crippen LogP contribution in [0.5, 0.6) is 0 Å². The lowest BCUT2D eigenvalue weighted by Gasteiger charge is -2.38. The van der Waals surface area contributed by atoms with E-state index < -0.39 is 11.2 Å². The van der Waals surface area contributed by atoms with Gasteiger partial charge in [0, 0.05) is 24.7 Å². The van der Waals surface area contributed by atoms with Gasteiger partial charge in [-0.05, 0) is 109 Å². The maximum Gasteiger partial charge on any atom is 0.410 e. The lowest BCUT2D eigenvalue weighted by atomic mass is 9.89. The number of carbonyl (C=O) groups is 2. The van der Waals surface area contributed by atoms with Crippen LogP contribution in [0.3, 0.4) is 0 Å². The van der Waals surface area contributed by atoms with Crippen molar-refractivity contribution in [3.8, 4) is 0 Å². The average Bonchev–Trinajstić information content (AvgIpc) is 3.68. The molecule has 0 bridgehead atoms. The molecule has 0 unspecified atom stereocenters. The Hall–Kier alpha value is -3.12. The van der Waals surface area contributed by atoms with Crippen molar-refractivity contribution in [3.05, 3.63) is 76.9 Å². The Morgan fingerprint density at radius 1 is 0.881 bits per heavy atom. The Morgan fingerprint density at radius 2 is 1.50 bits per heavy atom. The number of ether oxygens (including phenoxy) is 2. The molecule has 0 aromatic heterocycles. The standard InChI is InChI=1S/C36H50N2O4/c1-8-27(22-25-12-10-9-11-13-25)31-23-32(31)37-29-18-20-30(21-19-29)38(34(40)42-36(5,6)7)24-26-14-16-28(17-15-26)33(39)41-35(2,3)4/h9-17,22,29-32,37H,8,18-21,23-24H2,1-7H3/b27-22+/t29-,30+,31-,32+/m0/s1. The van der Waals surface area contributed by atoms with Gasteiger partial charge in [-0.2, -0.15) is 0 Å². The molecule has 6 heteroatoms. The predicted octanol–water partition coefficient (Wildman–Crippen LogP) is 8.16. The van der Waals surface area contributed by atoms with Gasteiger partial charge >= 0.3 is 12.1 Å². The van der Waals surface area contributed by atoms with Crippen LogP contribution in [0.25, 0.3) is 6.08 Å². The molecule has 2 fully saturated rings. The van der Waals surface area contributed by atoms with Gasteiger partial charge in [0.2, 0.25) is 0 Å². The molecule has 6 nitrogen and oxygen atoms in total. The molecular formula is C36H50N2O4. The number of benzene rings is 2. The van der Waals surface area contributed by atoms with E-state index >= 15 is 0 Å². The van der Waals surface area contributed by atoms with Gasteiger partial charge in [0.1, 0.15) is 11.2 Å². The average molecular weight is 575 g/mol. The fourth-order valence-electron chi connectivity index (χ4n) is 5.82. The topological polar surface area (TPSA) is 67.9 Å². The first-order valence-electron chi connectivity index (χ1n) is 15.6. The van der Waals surface area contributed by atoms with Crippen molar-refractivity contribution in [3.63, 3.8) is 0 Å². The molecule has 2 saturated carbocycles. The van der Waals surface area contributed by atoms with Crippen molar-refractivity contribution in [1.82, 2.24) is 10.2 Å². The molecule has 1 N–H and O–H groups in total. The van der Waals surface area contributed by atoms with Crippen molar-refractivity contribution in [2.24, 2.45) is 5.92 Å². The van der Waals surface area contributed by atoms with Crippen molar-refractivity contribution in [1.29, 1.82) is 0 Å². The van der Waals surface area contributed by atoms with Crippen LogP contribution in [0, 0.1) is 5.92 Å². The molecule has 42 heavy (non-hydrogen) atoms. The first kappa shape index (κ1) is 31.8. The Labute approximate surface area is 252 Å². The van der Waals surface area contributed by atoms with Gasteiger partial charge in [-0.15, -0.1) is 0 Å². The summed E-state index contributed by atoms with van der Waals surface area (Å²) in [4.78, 5) is 27.7. The third kappa shape index (κ3) is 9.45. The molecule has 228 valence electrons. The quantitative estimate of drug-likeness (QED) is 0.306. The van der Waals surface area contributed by atoms with E-state index in [0.29, 0.717) is 30.1 Å². The van der Waals surface area contributed by atoms with Gasteiger partial charge < -0.3 is 19.7 Å². The maximum atomic E-state index is 13.4. The van der Waals surface area contributed by atoms with Crippen LogP contribution in [-0.2, 0) is 16.0 Å². The zero-order valence-electron chi connectivity index (χ0n) is 26.6. The first-order valence-corrected chi connectivity index (χ1v) is 15.6. The summed E-state index contributed by atoms with van der Waals surface area (Å²) in [5.41, 5.74) is 3.16. The Balaban J connectivity index is 1.35. The number of esters is 1. The largest absolute Gasteiger partial charge is 0.456 e. The van der Waals surface area contributed by atoms with E-state index in [2.05, 4.69) is 48.6 Å². The van der Waals surface area contributed by atoms with Gasteiger partial charge in [-0.25, -0.2) is 9.59 Å². The lowest BCUT2D eigenvalue weighted by Crippen LogP contribution is -2.47. The van der Waals surface area contributed by atoms with Crippen molar-refractivity contribution in [2.75, 3.05) is 0 Å². The highest BCUT2D eigenvalue weighted by atomic mass is 16.6. The summed E-state index contributed by atoms with van der Waals surface area (Å²) < 4.78 is 11.3. The summed E-state index contributed by atoms with van der Waals surface area (Å²) in [5.74, 6) is 0.276. The highest BCUT2D eigenvalue weighted by Gasteiger charge is 2.41. The molecule has 0 radical (unpaired) electrons. The van der Waals surface area contributed by atoms with Crippen LogP contribution in [-0.4, -0.2) is 46.3 Å². The van der Waals surface area contributed by atoms with Gasteiger partial charge in [0.15, 0.2) is 0 Å². The number of rotatable bonds is 9. The van der Waals surface area contributed by atoms with Gasteiger partial charge in [-0.1, -0.05) is 61.0 Å². The van der Waals surface area contributed by atoms with Crippen LogP contribution in [0.15, 0.2) is 60.2 Å². The molecule has 2 aromatic carbocycles. The lowest BCUT2D eigenvalue weighted by molar-refractivity contribution is 0.00616. The maximum absolute atomic E-state index is 13.4. The molecule has 2 atom stereocenters. The van der Waals surface area contributed by atoms with Gasteiger partial charge in [0.25, 0.3) is 0 Å². The summed E-state index contributed by atoms with van der Waals surface area (Å²) in [6.07, 6.45) is 8.31. The van der Waals surface area contributed by atoms with E-state index in [1.807, 2.05) is 58.6 Å². The zero-order chi connectivity index (χ0) is 30.5. The summed E-state index contributed by atoms with van der Waals surface area (Å²) >= 11 is 0. The van der Waals surface area contributed by atoms with E-state index in [4.69, 9.17) is 9.47 Å². The zero-order valence-corrected chi connectivity index (χ0v) is 26.6. The molecule has 4 rings (SSSR count). The minimum atomic E-state index is -0.570. The molecule has 2 aliphatic rings. The van der Waals surface area contributed by atoms with Gasteiger partial charge in [0.05, 0.1) is 5.56 Å². The smallest absolute Gasteiger partial charge is 0.410 e. The van der Waals surface area contributed by atoms with Gasteiger partial charge in [-0.3, -0.25) is 0 Å². The van der Waals surface area contributed by atoms with E-state index in [1.165, 1.54) is 17.6 Å². The fourth-order valence-corrected chi connectivity index (χ4v) is 5.82. The Bertz CT molecular complexity index is 1220. The second kappa shape index (κ2) is 13.5. The summed E-state index contributed by atoms with van der Waals surface area (Å²) in [5, 5.41) is 3.93. The summed E-state index contributed by atoms with van der Waals surface area (Å²) in [7, 11) is 0. The van der Waals surface area contributed by atoms with E-state index in [-0.39, 0.29) is 18.1 Å². The van der Waals surface area contributed by atoms with Crippen molar-refractivity contribution in [2.45, 2.75) is 123 Å². The third-order valence-electron chi connectivity index (χ3n) is 7.98. The first-order chi connectivity index (χ1) is 19.8. The van der Waals surface area contributed by atoms with Crippen molar-refractivity contribution >= 4 is 18.1 Å². The highest BCUT2D eigenvalue weighted by Crippen LogP contribution is 2.41. The monoisotopic (exact) mass is 574 g/mol. The predicted molar refractivity (Wildman–Crippen MR) is 169 cm³/mol. The number of nitrogens with one attached hydrogen (secondary N) is 1. The second-order valence-corrected chi connectivity index (χ2v) is 13.9. The third-order valence-corrected chi connectivity index (χ3v) is 7.98. The number of nitrogens with zero attached hydrogens (tertiary/aromatic N) is 1. The minimum absolute atomic E-state index is 0.114. The molecule has 1 amide bonds. The molecule has 0 spiro atoms. The molecular weight excluding hydrogens is 524 g/mol. The Morgan fingerprint density at radius 3 is 2.07 bits per heavy atom. The number of carbonyl (C=O) groups excluding carboxylic acids is 2. The fraction of sp³-hybridized carbons (Fsp3) is 0.556. The summed E-state index contributed by atoms with van der Waals surface area (Å²) in [6.45, 7) is 14.0. The SMILES string of the molecule is CC/C(=C\c1ccccc1)[C@@H]1C[C@H]1N[C@H]1CC[C@@H](N(Cc2ccc(C(=O)OC(C)(C)C)cc2)C(=O)OC(C)(C)C)CC1. The minimum Gasteiger partial charge on any atom is -0.456 e. The van der Waals surface area contributed by atoms with Crippen LogP contribution >= 0.6 is 0 Å². The van der Waals surface area contributed by atoms with Crippen LogP contribution in [0.2, 0.25) is 0 Å². The number of amides is 1. The van der Waals surface area contributed by atoms with Crippen LogP contribution < -0.4 is 5.32 Å².